The third-order valence-corrected chi connectivity index (χ3v) is 5.04. The highest BCUT2D eigenvalue weighted by Gasteiger charge is 2.26. The number of rotatable bonds is 8. The monoisotopic (exact) mass is 411 g/mol. The number of nitrogens with zero attached hydrogens (tertiary/aromatic N) is 2. The minimum Gasteiger partial charge on any atom is -0.494 e. The number of ether oxygens (including phenoxy) is 2. The number of hydrogen-bond donors (Lipinski definition) is 1. The second kappa shape index (κ2) is 10.0. The van der Waals surface area contributed by atoms with Crippen molar-refractivity contribution in [3.05, 3.63) is 54.1 Å². The van der Waals surface area contributed by atoms with Gasteiger partial charge in [0.2, 0.25) is 5.91 Å². The predicted octanol–water partition coefficient (Wildman–Crippen LogP) is 2.56. The Morgan fingerprint density at radius 1 is 1.17 bits per heavy atom. The highest BCUT2D eigenvalue weighted by Crippen LogP contribution is 2.32. The van der Waals surface area contributed by atoms with Gasteiger partial charge in [-0.3, -0.25) is 9.59 Å². The molecule has 3 rings (SSSR count). The van der Waals surface area contributed by atoms with Gasteiger partial charge in [-0.05, 0) is 50.2 Å². The van der Waals surface area contributed by atoms with Crippen molar-refractivity contribution < 1.29 is 19.1 Å². The lowest BCUT2D eigenvalue weighted by atomic mass is 10.2. The standard InChI is InChI=1S/C23H29N3O4/c1-4-26-16-19(30-21-9-7-6-8-20(21)26)15-25(3)22(27)14-24-23(28)17-10-12-18(13-11-17)29-5-2/h6-13,19H,4-5,14-16H2,1-3H3,(H,24,28)/t19-/m1/s1. The molecular formula is C23H29N3O4. The molecule has 160 valence electrons. The van der Waals surface area contributed by atoms with Gasteiger partial charge in [-0.25, -0.2) is 0 Å². The van der Waals surface area contributed by atoms with Crippen LogP contribution in [0.2, 0.25) is 0 Å². The molecule has 2 aromatic rings. The summed E-state index contributed by atoms with van der Waals surface area (Å²) < 4.78 is 11.4. The van der Waals surface area contributed by atoms with Crippen LogP contribution in [0.15, 0.2) is 48.5 Å². The summed E-state index contributed by atoms with van der Waals surface area (Å²) in [6.07, 6.45) is -0.129. The predicted molar refractivity (Wildman–Crippen MR) is 116 cm³/mol. The number of carbonyl (C=O) groups excluding carboxylic acids is 2. The molecule has 30 heavy (non-hydrogen) atoms. The summed E-state index contributed by atoms with van der Waals surface area (Å²) in [4.78, 5) is 28.7. The maximum Gasteiger partial charge on any atom is 0.251 e. The number of anilines is 1. The molecule has 7 nitrogen and oxygen atoms in total. The molecule has 0 aromatic heterocycles. The van der Waals surface area contributed by atoms with Crippen LogP contribution in [0.4, 0.5) is 5.69 Å². The first-order valence-electron chi connectivity index (χ1n) is 10.3. The van der Waals surface area contributed by atoms with Gasteiger partial charge in [-0.2, -0.15) is 0 Å². The van der Waals surface area contributed by atoms with Gasteiger partial charge in [0.1, 0.15) is 17.6 Å². The molecule has 0 spiro atoms. The number of carbonyl (C=O) groups is 2. The van der Waals surface area contributed by atoms with Crippen LogP contribution in [0.3, 0.4) is 0 Å². The highest BCUT2D eigenvalue weighted by molar-refractivity contribution is 5.96. The maximum atomic E-state index is 12.5. The van der Waals surface area contributed by atoms with Crippen molar-refractivity contribution in [3.63, 3.8) is 0 Å². The van der Waals surface area contributed by atoms with Gasteiger partial charge in [0, 0.05) is 19.2 Å². The molecule has 1 heterocycles. The summed E-state index contributed by atoms with van der Waals surface area (Å²) in [5, 5.41) is 2.68. The first kappa shape index (κ1) is 21.5. The molecule has 0 unspecified atom stereocenters. The van der Waals surface area contributed by atoms with Crippen LogP contribution in [0.1, 0.15) is 24.2 Å². The number of likely N-dealkylation sites (N-methyl/N-ethyl adjacent to an activating group) is 2. The normalized spacial score (nSPS) is 15.0. The van der Waals surface area contributed by atoms with Crippen molar-refractivity contribution in [2.75, 3.05) is 44.7 Å². The fourth-order valence-corrected chi connectivity index (χ4v) is 3.44. The lowest BCUT2D eigenvalue weighted by molar-refractivity contribution is -0.129. The van der Waals surface area contributed by atoms with E-state index in [1.54, 1.807) is 36.2 Å². The van der Waals surface area contributed by atoms with Crippen LogP contribution in [0.5, 0.6) is 11.5 Å². The Bertz CT molecular complexity index is 869. The van der Waals surface area contributed by atoms with Crippen LogP contribution in [-0.2, 0) is 4.79 Å². The minimum atomic E-state index is -0.292. The van der Waals surface area contributed by atoms with Gasteiger partial charge in [-0.15, -0.1) is 0 Å². The zero-order chi connectivity index (χ0) is 21.5. The molecule has 0 radical (unpaired) electrons. The van der Waals surface area contributed by atoms with Crippen LogP contribution in [0.25, 0.3) is 0 Å². The molecule has 1 atom stereocenters. The number of nitrogens with one attached hydrogen (secondary N) is 1. The van der Waals surface area contributed by atoms with Crippen molar-refractivity contribution in [1.29, 1.82) is 0 Å². The molecule has 2 aromatic carbocycles. The van der Waals surface area contributed by atoms with Gasteiger partial charge in [0.05, 0.1) is 31.9 Å². The van der Waals surface area contributed by atoms with Gasteiger partial charge < -0.3 is 24.6 Å². The Hall–Kier alpha value is -3.22. The van der Waals surface area contributed by atoms with Gasteiger partial charge in [-0.1, -0.05) is 12.1 Å². The Balaban J connectivity index is 1.50. The zero-order valence-electron chi connectivity index (χ0n) is 17.8. The lowest BCUT2D eigenvalue weighted by Crippen LogP contribution is -2.48. The maximum absolute atomic E-state index is 12.5. The van der Waals surface area contributed by atoms with E-state index in [0.717, 1.165) is 18.0 Å². The van der Waals surface area contributed by atoms with E-state index >= 15 is 0 Å². The van der Waals surface area contributed by atoms with E-state index < -0.39 is 0 Å². The highest BCUT2D eigenvalue weighted by atomic mass is 16.5. The molecule has 1 N–H and O–H groups in total. The van der Waals surface area contributed by atoms with Crippen LogP contribution < -0.4 is 19.7 Å². The van der Waals surface area contributed by atoms with Crippen LogP contribution in [-0.4, -0.2) is 62.7 Å². The Labute approximate surface area is 177 Å². The second-order valence-corrected chi connectivity index (χ2v) is 7.16. The van der Waals surface area contributed by atoms with E-state index in [-0.39, 0.29) is 24.5 Å². The van der Waals surface area contributed by atoms with Crippen LogP contribution in [0, 0.1) is 0 Å². The Kier molecular flexibility index (Phi) is 7.17. The number of hydrogen-bond acceptors (Lipinski definition) is 5. The number of para-hydroxylation sites is 2. The molecule has 0 bridgehead atoms. The first-order valence-corrected chi connectivity index (χ1v) is 10.3. The Morgan fingerprint density at radius 2 is 1.90 bits per heavy atom. The quantitative estimate of drug-likeness (QED) is 0.723. The van der Waals surface area contributed by atoms with Crippen LogP contribution >= 0.6 is 0 Å². The summed E-state index contributed by atoms with van der Waals surface area (Å²) >= 11 is 0. The van der Waals surface area contributed by atoms with E-state index in [2.05, 4.69) is 17.1 Å². The summed E-state index contributed by atoms with van der Waals surface area (Å²) in [5.74, 6) is 1.08. The smallest absolute Gasteiger partial charge is 0.251 e. The van der Waals surface area contributed by atoms with Crippen molar-refractivity contribution in [2.45, 2.75) is 20.0 Å². The van der Waals surface area contributed by atoms with Crippen molar-refractivity contribution in [3.8, 4) is 11.5 Å². The van der Waals surface area contributed by atoms with Crippen molar-refractivity contribution >= 4 is 17.5 Å². The average Bonchev–Trinajstić information content (AvgIpc) is 2.77. The van der Waals surface area contributed by atoms with Gasteiger partial charge >= 0.3 is 0 Å². The van der Waals surface area contributed by atoms with E-state index in [1.807, 2.05) is 31.2 Å². The van der Waals surface area contributed by atoms with E-state index in [9.17, 15) is 9.59 Å². The third kappa shape index (κ3) is 5.23. The molecule has 0 fully saturated rings. The lowest BCUT2D eigenvalue weighted by Gasteiger charge is -2.37. The second-order valence-electron chi connectivity index (χ2n) is 7.16. The SMILES string of the molecule is CCOc1ccc(C(=O)NCC(=O)N(C)C[C@@H]2CN(CC)c3ccccc3O2)cc1. The molecule has 0 saturated heterocycles. The molecule has 1 aliphatic rings. The Morgan fingerprint density at radius 3 is 2.60 bits per heavy atom. The molecule has 7 heteroatoms. The van der Waals surface area contributed by atoms with Crippen molar-refractivity contribution in [1.82, 2.24) is 10.2 Å². The molecule has 0 saturated carbocycles. The van der Waals surface area contributed by atoms with E-state index in [1.165, 1.54) is 0 Å². The number of fused-ring (bicyclic) bond motifs is 1. The summed E-state index contributed by atoms with van der Waals surface area (Å²) in [6, 6.07) is 14.8. The fraction of sp³-hybridized carbons (Fsp3) is 0.391. The summed E-state index contributed by atoms with van der Waals surface area (Å²) in [6.45, 7) is 6.53. The number of benzene rings is 2. The largest absolute Gasteiger partial charge is 0.494 e. The van der Waals surface area contributed by atoms with Gasteiger partial charge in [0.15, 0.2) is 0 Å². The third-order valence-electron chi connectivity index (χ3n) is 5.04. The summed E-state index contributed by atoms with van der Waals surface area (Å²) in [5.41, 5.74) is 1.56. The topological polar surface area (TPSA) is 71.1 Å². The molecule has 1 aliphatic heterocycles. The first-order chi connectivity index (χ1) is 14.5. The van der Waals surface area contributed by atoms with E-state index in [4.69, 9.17) is 9.47 Å². The van der Waals surface area contributed by atoms with E-state index in [0.29, 0.717) is 31.0 Å². The minimum absolute atomic E-state index is 0.0661. The fourth-order valence-electron chi connectivity index (χ4n) is 3.44. The van der Waals surface area contributed by atoms with Gasteiger partial charge in [0.25, 0.3) is 5.91 Å². The zero-order valence-corrected chi connectivity index (χ0v) is 17.8. The molecule has 2 amide bonds. The summed E-state index contributed by atoms with van der Waals surface area (Å²) in [7, 11) is 1.73. The number of amides is 2. The molecular weight excluding hydrogens is 382 g/mol. The molecule has 0 aliphatic carbocycles. The van der Waals surface area contributed by atoms with Crippen molar-refractivity contribution in [2.24, 2.45) is 0 Å². The average molecular weight is 412 g/mol.